The van der Waals surface area contributed by atoms with Crippen LogP contribution in [0.4, 0.5) is 0 Å². The molecule has 5 amide bonds. The van der Waals surface area contributed by atoms with E-state index in [-0.39, 0.29) is 32.2 Å². The number of carbonyl (C=O) groups excluding carboxylic acids is 5. The SMILES string of the molecule is NC(=O)CCC(NC(=O)C(N)Cc1cnc[nH]1)C(=O)NC(CC(N)=O)C(=O)N1CCCC1C(=O)O. The number of hydrogen-bond donors (Lipinski definition) is 7. The van der Waals surface area contributed by atoms with Gasteiger partial charge in [-0.05, 0) is 19.3 Å². The van der Waals surface area contributed by atoms with Gasteiger partial charge >= 0.3 is 5.97 Å². The number of imidazole rings is 1. The molecule has 1 aromatic heterocycles. The fourth-order valence-corrected chi connectivity index (χ4v) is 3.72. The molecule has 15 heteroatoms. The van der Waals surface area contributed by atoms with E-state index in [4.69, 9.17) is 17.2 Å². The van der Waals surface area contributed by atoms with Crippen LogP contribution in [0.25, 0.3) is 0 Å². The minimum Gasteiger partial charge on any atom is -0.480 e. The van der Waals surface area contributed by atoms with Gasteiger partial charge in [-0.15, -0.1) is 0 Å². The molecular formula is C20H30N8O7. The van der Waals surface area contributed by atoms with Crippen LogP contribution in [0.5, 0.6) is 0 Å². The summed E-state index contributed by atoms with van der Waals surface area (Å²) in [5, 5.41) is 14.1. The number of nitrogens with two attached hydrogens (primary N) is 3. The third-order valence-corrected chi connectivity index (χ3v) is 5.48. The molecule has 4 unspecified atom stereocenters. The van der Waals surface area contributed by atoms with Gasteiger partial charge in [-0.2, -0.15) is 0 Å². The standard InChI is InChI=1S/C20H30N8O7/c21-11(6-10-8-24-9-25-10)17(31)26-12(3-4-15(22)29)18(32)27-13(7-16(23)30)19(33)28-5-1-2-14(28)20(34)35/h8-9,11-14H,1-7,21H2,(H2,22,29)(H2,23,30)(H,24,25)(H,26,31)(H,27,32)(H,34,35). The van der Waals surface area contributed by atoms with E-state index in [0.717, 1.165) is 4.90 Å². The Morgan fingerprint density at radius 1 is 1.11 bits per heavy atom. The van der Waals surface area contributed by atoms with Crippen molar-refractivity contribution in [1.82, 2.24) is 25.5 Å². The lowest BCUT2D eigenvalue weighted by Gasteiger charge is -2.28. The first-order valence-corrected chi connectivity index (χ1v) is 10.9. The van der Waals surface area contributed by atoms with Gasteiger partial charge in [0.05, 0.1) is 18.8 Å². The van der Waals surface area contributed by atoms with E-state index in [1.54, 1.807) is 0 Å². The number of nitrogens with zero attached hydrogens (tertiary/aromatic N) is 2. The Morgan fingerprint density at radius 2 is 1.80 bits per heavy atom. The van der Waals surface area contributed by atoms with Crippen LogP contribution in [0.3, 0.4) is 0 Å². The molecular weight excluding hydrogens is 464 g/mol. The zero-order valence-electron chi connectivity index (χ0n) is 18.9. The van der Waals surface area contributed by atoms with Crippen molar-refractivity contribution in [3.8, 4) is 0 Å². The number of primary amides is 2. The highest BCUT2D eigenvalue weighted by atomic mass is 16.4. The quantitative estimate of drug-likeness (QED) is 0.143. The summed E-state index contributed by atoms with van der Waals surface area (Å²) in [6, 6.07) is -4.95. The van der Waals surface area contributed by atoms with Crippen LogP contribution < -0.4 is 27.8 Å². The number of aliphatic carboxylic acids is 1. The summed E-state index contributed by atoms with van der Waals surface area (Å²) < 4.78 is 0. The summed E-state index contributed by atoms with van der Waals surface area (Å²) in [5.74, 6) is -5.25. The van der Waals surface area contributed by atoms with Crippen LogP contribution in [0.15, 0.2) is 12.5 Å². The van der Waals surface area contributed by atoms with Gasteiger partial charge in [-0.1, -0.05) is 0 Å². The smallest absolute Gasteiger partial charge is 0.326 e. The second kappa shape index (κ2) is 12.5. The maximum absolute atomic E-state index is 13.0. The summed E-state index contributed by atoms with van der Waals surface area (Å²) in [7, 11) is 0. The van der Waals surface area contributed by atoms with Crippen molar-refractivity contribution in [3.05, 3.63) is 18.2 Å². The number of aromatic nitrogens is 2. The minimum absolute atomic E-state index is 0.0876. The number of likely N-dealkylation sites (tertiary alicyclic amines) is 1. The Hall–Kier alpha value is -4.01. The molecule has 0 aromatic carbocycles. The molecule has 0 aliphatic carbocycles. The van der Waals surface area contributed by atoms with E-state index in [9.17, 15) is 33.9 Å². The zero-order valence-corrected chi connectivity index (χ0v) is 18.9. The molecule has 0 radical (unpaired) electrons. The number of carbonyl (C=O) groups is 6. The van der Waals surface area contributed by atoms with Crippen LogP contribution in [-0.2, 0) is 35.2 Å². The molecule has 1 fully saturated rings. The van der Waals surface area contributed by atoms with Crippen molar-refractivity contribution in [3.63, 3.8) is 0 Å². The maximum Gasteiger partial charge on any atom is 0.326 e. The Bertz CT molecular complexity index is 951. The molecule has 2 rings (SSSR count). The third kappa shape index (κ3) is 8.06. The lowest BCUT2D eigenvalue weighted by molar-refractivity contribution is -0.149. The maximum atomic E-state index is 13.0. The van der Waals surface area contributed by atoms with Gasteiger partial charge in [0, 0.05) is 31.3 Å². The van der Waals surface area contributed by atoms with Gasteiger partial charge in [0.15, 0.2) is 0 Å². The number of rotatable bonds is 13. The summed E-state index contributed by atoms with van der Waals surface area (Å²) >= 11 is 0. The predicted octanol–water partition coefficient (Wildman–Crippen LogP) is -3.53. The average molecular weight is 495 g/mol. The lowest BCUT2D eigenvalue weighted by Crippen LogP contribution is -2.58. The van der Waals surface area contributed by atoms with Crippen LogP contribution in [0.2, 0.25) is 0 Å². The number of nitrogens with one attached hydrogen (secondary N) is 3. The van der Waals surface area contributed by atoms with Gasteiger partial charge in [-0.25, -0.2) is 9.78 Å². The summed E-state index contributed by atoms with van der Waals surface area (Å²) in [6.45, 7) is 0.130. The second-order valence-corrected chi connectivity index (χ2v) is 8.21. The first kappa shape index (κ1) is 27.2. The van der Waals surface area contributed by atoms with E-state index >= 15 is 0 Å². The molecule has 4 atom stereocenters. The highest BCUT2D eigenvalue weighted by Crippen LogP contribution is 2.19. The van der Waals surface area contributed by atoms with Crippen molar-refractivity contribution in [2.45, 2.75) is 62.7 Å². The normalized spacial score (nSPS) is 17.7. The van der Waals surface area contributed by atoms with Crippen molar-refractivity contribution in [1.29, 1.82) is 0 Å². The van der Waals surface area contributed by atoms with Crippen molar-refractivity contribution >= 4 is 35.5 Å². The fraction of sp³-hybridized carbons (Fsp3) is 0.550. The molecule has 0 bridgehead atoms. The lowest BCUT2D eigenvalue weighted by atomic mass is 10.1. The van der Waals surface area contributed by atoms with Gasteiger partial charge < -0.3 is 42.8 Å². The third-order valence-electron chi connectivity index (χ3n) is 5.48. The molecule has 0 saturated carbocycles. The molecule has 10 N–H and O–H groups in total. The molecule has 1 aliphatic rings. The number of aromatic amines is 1. The molecule has 2 heterocycles. The number of carboxylic acids is 1. The Kier molecular flexibility index (Phi) is 9.69. The molecule has 0 spiro atoms. The number of hydrogen-bond acceptors (Lipinski definition) is 8. The van der Waals surface area contributed by atoms with E-state index in [1.807, 2.05) is 0 Å². The monoisotopic (exact) mass is 494 g/mol. The van der Waals surface area contributed by atoms with E-state index in [0.29, 0.717) is 12.1 Å². The van der Waals surface area contributed by atoms with Crippen LogP contribution in [-0.4, -0.2) is 86.2 Å². The number of H-pyrrole nitrogens is 1. The van der Waals surface area contributed by atoms with Crippen molar-refractivity contribution in [2.24, 2.45) is 17.2 Å². The summed E-state index contributed by atoms with van der Waals surface area (Å²) in [6.07, 6.45) is 2.57. The predicted molar refractivity (Wildman–Crippen MR) is 119 cm³/mol. The molecule has 15 nitrogen and oxygen atoms in total. The van der Waals surface area contributed by atoms with Crippen LogP contribution >= 0.6 is 0 Å². The first-order chi connectivity index (χ1) is 16.5. The van der Waals surface area contributed by atoms with Gasteiger partial charge in [0.25, 0.3) is 0 Å². The molecule has 1 saturated heterocycles. The molecule has 1 aromatic rings. The van der Waals surface area contributed by atoms with E-state index < -0.39 is 66.1 Å². The first-order valence-electron chi connectivity index (χ1n) is 10.9. The average Bonchev–Trinajstić information content (AvgIpc) is 3.47. The fourth-order valence-electron chi connectivity index (χ4n) is 3.72. The van der Waals surface area contributed by atoms with Gasteiger partial charge in [0.1, 0.15) is 18.1 Å². The largest absolute Gasteiger partial charge is 0.480 e. The van der Waals surface area contributed by atoms with Crippen LogP contribution in [0.1, 0.15) is 37.8 Å². The van der Waals surface area contributed by atoms with Crippen molar-refractivity contribution < 1.29 is 33.9 Å². The zero-order chi connectivity index (χ0) is 26.1. The minimum atomic E-state index is -1.47. The van der Waals surface area contributed by atoms with E-state index in [1.165, 1.54) is 12.5 Å². The Morgan fingerprint density at radius 3 is 2.37 bits per heavy atom. The number of amides is 5. The highest BCUT2D eigenvalue weighted by molar-refractivity contribution is 5.96. The molecule has 1 aliphatic heterocycles. The summed E-state index contributed by atoms with van der Waals surface area (Å²) in [5.41, 5.74) is 16.9. The molecule has 35 heavy (non-hydrogen) atoms. The number of carboxylic acid groups (broad SMARTS) is 1. The topological polar surface area (TPSA) is 257 Å². The van der Waals surface area contributed by atoms with Gasteiger partial charge in [-0.3, -0.25) is 24.0 Å². The van der Waals surface area contributed by atoms with Crippen LogP contribution in [0, 0.1) is 0 Å². The second-order valence-electron chi connectivity index (χ2n) is 8.21. The summed E-state index contributed by atoms with van der Waals surface area (Å²) in [4.78, 5) is 80.5. The highest BCUT2D eigenvalue weighted by Gasteiger charge is 2.39. The Balaban J connectivity index is 2.14. The van der Waals surface area contributed by atoms with E-state index in [2.05, 4.69) is 20.6 Å². The Labute approximate surface area is 200 Å². The van der Waals surface area contributed by atoms with Gasteiger partial charge in [0.2, 0.25) is 29.5 Å². The molecule has 192 valence electrons. The van der Waals surface area contributed by atoms with Crippen molar-refractivity contribution in [2.75, 3.05) is 6.54 Å².